The molecule has 1 heterocycles. The molecule has 1 atom stereocenters. The van der Waals surface area contributed by atoms with Gasteiger partial charge in [0.15, 0.2) is 5.12 Å². The number of para-hydroxylation sites is 1. The van der Waals surface area contributed by atoms with Gasteiger partial charge in [-0.05, 0) is 24.5 Å². The maximum atomic E-state index is 12.1. The van der Waals surface area contributed by atoms with Gasteiger partial charge in [0.1, 0.15) is 5.75 Å². The number of hydrogen-bond donors (Lipinski definition) is 1. The highest BCUT2D eigenvalue weighted by Gasteiger charge is 2.29. The number of phenols is 1. The Morgan fingerprint density at radius 3 is 2.90 bits per heavy atom. The average molecular weight is 325 g/mol. The van der Waals surface area contributed by atoms with E-state index in [2.05, 4.69) is 0 Å². The first-order chi connectivity index (χ1) is 10.1. The van der Waals surface area contributed by atoms with Crippen LogP contribution in [0, 0.1) is 0 Å². The van der Waals surface area contributed by atoms with Gasteiger partial charge in [-0.15, -0.1) is 11.8 Å². The first-order valence-corrected chi connectivity index (χ1v) is 8.92. The van der Waals surface area contributed by atoms with E-state index in [1.807, 2.05) is 17.0 Å². The summed E-state index contributed by atoms with van der Waals surface area (Å²) in [5.74, 6) is 1.50. The summed E-state index contributed by atoms with van der Waals surface area (Å²) in [5, 5.41) is 9.89. The zero-order valence-corrected chi connectivity index (χ0v) is 13.6. The lowest BCUT2D eigenvalue weighted by Crippen LogP contribution is -2.36. The van der Waals surface area contributed by atoms with Crippen LogP contribution in [0.1, 0.15) is 18.9 Å². The van der Waals surface area contributed by atoms with E-state index in [1.54, 1.807) is 23.9 Å². The van der Waals surface area contributed by atoms with Crippen LogP contribution < -0.4 is 0 Å². The number of thioether (sulfide) groups is 2. The highest BCUT2D eigenvalue weighted by atomic mass is 32.2. The summed E-state index contributed by atoms with van der Waals surface area (Å²) in [5.41, 5.74) is 0.913. The van der Waals surface area contributed by atoms with Gasteiger partial charge in [0.25, 0.3) is 0 Å². The number of phenolic OH excluding ortho intramolecular Hbond substituents is 1. The standard InChI is InChI=1S/C15H19NO3S2/c1-11(17)21-10-14(19)16-8-9-20-15(16)7-6-12-4-2-3-5-13(12)18/h2-5,15,18H,6-10H2,1H3. The fourth-order valence-electron chi connectivity index (χ4n) is 2.29. The summed E-state index contributed by atoms with van der Waals surface area (Å²) in [6, 6.07) is 7.30. The van der Waals surface area contributed by atoms with Gasteiger partial charge in [-0.25, -0.2) is 0 Å². The molecular weight excluding hydrogens is 306 g/mol. The van der Waals surface area contributed by atoms with Crippen LogP contribution in [-0.4, -0.2) is 44.5 Å². The second-order valence-corrected chi connectivity index (χ2v) is 7.30. The third-order valence-electron chi connectivity index (χ3n) is 3.36. The predicted molar refractivity (Wildman–Crippen MR) is 87.5 cm³/mol. The summed E-state index contributed by atoms with van der Waals surface area (Å²) in [4.78, 5) is 24.9. The molecular formula is C15H19NO3S2. The molecule has 1 aliphatic rings. The Morgan fingerprint density at radius 1 is 1.43 bits per heavy atom. The van der Waals surface area contributed by atoms with Gasteiger partial charge in [-0.2, -0.15) is 0 Å². The number of aromatic hydroxyl groups is 1. The van der Waals surface area contributed by atoms with Crippen LogP contribution in [0.3, 0.4) is 0 Å². The maximum Gasteiger partial charge on any atom is 0.233 e. The largest absolute Gasteiger partial charge is 0.508 e. The molecule has 0 spiro atoms. The number of benzene rings is 1. The Labute approximate surface area is 133 Å². The fraction of sp³-hybridized carbons (Fsp3) is 0.467. The van der Waals surface area contributed by atoms with Crippen molar-refractivity contribution in [2.75, 3.05) is 18.1 Å². The van der Waals surface area contributed by atoms with Crippen molar-refractivity contribution in [3.63, 3.8) is 0 Å². The lowest BCUT2D eigenvalue weighted by Gasteiger charge is -2.23. The Hall–Kier alpha value is -1.14. The van der Waals surface area contributed by atoms with Gasteiger partial charge in [0.05, 0.1) is 11.1 Å². The molecule has 4 nitrogen and oxygen atoms in total. The van der Waals surface area contributed by atoms with Crippen LogP contribution in [0.4, 0.5) is 0 Å². The fourth-order valence-corrected chi connectivity index (χ4v) is 4.05. The normalized spacial score (nSPS) is 18.0. The smallest absolute Gasteiger partial charge is 0.233 e. The van der Waals surface area contributed by atoms with Crippen molar-refractivity contribution in [3.8, 4) is 5.75 Å². The minimum absolute atomic E-state index is 0.0269. The van der Waals surface area contributed by atoms with Gasteiger partial charge < -0.3 is 10.0 Å². The van der Waals surface area contributed by atoms with E-state index >= 15 is 0 Å². The number of rotatable bonds is 5. The predicted octanol–water partition coefficient (Wildman–Crippen LogP) is 2.51. The molecule has 0 aliphatic carbocycles. The summed E-state index contributed by atoms with van der Waals surface area (Å²) in [7, 11) is 0. The molecule has 1 fully saturated rings. The van der Waals surface area contributed by atoms with E-state index in [-0.39, 0.29) is 22.1 Å². The van der Waals surface area contributed by atoms with Gasteiger partial charge in [-0.3, -0.25) is 9.59 Å². The van der Waals surface area contributed by atoms with Crippen molar-refractivity contribution < 1.29 is 14.7 Å². The van der Waals surface area contributed by atoms with Crippen molar-refractivity contribution in [2.45, 2.75) is 25.1 Å². The molecule has 1 aromatic rings. The molecule has 21 heavy (non-hydrogen) atoms. The number of amides is 1. The van der Waals surface area contributed by atoms with Gasteiger partial charge in [0, 0.05) is 19.2 Å². The number of carbonyl (C=O) groups is 2. The van der Waals surface area contributed by atoms with Gasteiger partial charge in [-0.1, -0.05) is 30.0 Å². The second-order valence-electron chi connectivity index (χ2n) is 4.86. The van der Waals surface area contributed by atoms with Crippen LogP contribution >= 0.6 is 23.5 Å². The Kier molecular flexibility index (Phi) is 5.99. The molecule has 1 aliphatic heterocycles. The molecule has 114 valence electrons. The van der Waals surface area contributed by atoms with Crippen LogP contribution in [0.15, 0.2) is 24.3 Å². The molecule has 1 unspecified atom stereocenters. The summed E-state index contributed by atoms with van der Waals surface area (Å²) in [6.45, 7) is 2.22. The number of carbonyl (C=O) groups excluding carboxylic acids is 2. The minimum Gasteiger partial charge on any atom is -0.508 e. The molecule has 1 N–H and O–H groups in total. The topological polar surface area (TPSA) is 57.6 Å². The molecule has 0 saturated carbocycles. The number of aryl methyl sites for hydroxylation is 1. The SMILES string of the molecule is CC(=O)SCC(=O)N1CCSC1CCc1ccccc1O. The van der Waals surface area contributed by atoms with Crippen molar-refractivity contribution in [1.29, 1.82) is 0 Å². The maximum absolute atomic E-state index is 12.1. The van der Waals surface area contributed by atoms with Gasteiger partial charge >= 0.3 is 0 Å². The van der Waals surface area contributed by atoms with E-state index in [4.69, 9.17) is 0 Å². The zero-order valence-electron chi connectivity index (χ0n) is 11.9. The van der Waals surface area contributed by atoms with E-state index < -0.39 is 0 Å². The number of nitrogens with zero attached hydrogens (tertiary/aromatic N) is 1. The third kappa shape index (κ3) is 4.68. The van der Waals surface area contributed by atoms with Crippen LogP contribution in [0.2, 0.25) is 0 Å². The third-order valence-corrected chi connectivity index (χ3v) is 5.45. The van der Waals surface area contributed by atoms with Crippen LogP contribution in [-0.2, 0) is 16.0 Å². The Morgan fingerprint density at radius 2 is 2.19 bits per heavy atom. The zero-order chi connectivity index (χ0) is 15.2. The summed E-state index contributed by atoms with van der Waals surface area (Å²) < 4.78 is 0. The molecule has 0 bridgehead atoms. The first kappa shape index (κ1) is 16.2. The summed E-state index contributed by atoms with van der Waals surface area (Å²) in [6.07, 6.45) is 1.56. The summed E-state index contributed by atoms with van der Waals surface area (Å²) >= 11 is 2.83. The first-order valence-electron chi connectivity index (χ1n) is 6.89. The second kappa shape index (κ2) is 7.75. The molecule has 1 amide bonds. The quantitative estimate of drug-likeness (QED) is 0.901. The van der Waals surface area contributed by atoms with E-state index in [0.29, 0.717) is 5.75 Å². The lowest BCUT2D eigenvalue weighted by molar-refractivity contribution is -0.128. The Balaban J connectivity index is 1.88. The molecule has 0 radical (unpaired) electrons. The van der Waals surface area contributed by atoms with E-state index in [9.17, 15) is 14.7 Å². The monoisotopic (exact) mass is 325 g/mol. The van der Waals surface area contributed by atoms with Crippen LogP contribution in [0.25, 0.3) is 0 Å². The van der Waals surface area contributed by atoms with Crippen molar-refractivity contribution >= 4 is 34.5 Å². The minimum atomic E-state index is -0.0269. The molecule has 0 aromatic heterocycles. The highest BCUT2D eigenvalue weighted by molar-refractivity contribution is 8.14. The van der Waals surface area contributed by atoms with E-state index in [1.165, 1.54) is 6.92 Å². The number of hydrogen-bond acceptors (Lipinski definition) is 5. The van der Waals surface area contributed by atoms with Crippen LogP contribution in [0.5, 0.6) is 5.75 Å². The molecule has 6 heteroatoms. The Bertz CT molecular complexity index is 521. The highest BCUT2D eigenvalue weighted by Crippen LogP contribution is 2.29. The van der Waals surface area contributed by atoms with E-state index in [0.717, 1.165) is 42.5 Å². The van der Waals surface area contributed by atoms with Crippen molar-refractivity contribution in [2.24, 2.45) is 0 Å². The lowest BCUT2D eigenvalue weighted by atomic mass is 10.1. The molecule has 1 saturated heterocycles. The van der Waals surface area contributed by atoms with Crippen molar-refractivity contribution in [1.82, 2.24) is 4.90 Å². The average Bonchev–Trinajstić information content (AvgIpc) is 2.92. The van der Waals surface area contributed by atoms with Crippen molar-refractivity contribution in [3.05, 3.63) is 29.8 Å². The molecule has 1 aromatic carbocycles. The molecule has 2 rings (SSSR count). The van der Waals surface area contributed by atoms with Gasteiger partial charge in [0.2, 0.25) is 5.91 Å².